The Bertz CT molecular complexity index is 750. The molecule has 0 bridgehead atoms. The second kappa shape index (κ2) is 13.1. The van der Waals surface area contributed by atoms with Crippen molar-refractivity contribution < 1.29 is 23.7 Å². The molecule has 1 N–H and O–H groups in total. The zero-order chi connectivity index (χ0) is 25.4. The summed E-state index contributed by atoms with van der Waals surface area (Å²) in [6.07, 6.45) is 0.470. The van der Waals surface area contributed by atoms with Gasteiger partial charge in [-0.1, -0.05) is 13.8 Å². The summed E-state index contributed by atoms with van der Waals surface area (Å²) in [5, 5.41) is 3.48. The van der Waals surface area contributed by atoms with E-state index < -0.39 is 11.7 Å². The molecule has 196 valence electrons. The minimum atomic E-state index is -0.992. The molecule has 0 spiro atoms. The Hall–Kier alpha value is -1.33. The van der Waals surface area contributed by atoms with Gasteiger partial charge in [0.15, 0.2) is 5.78 Å². The molecule has 34 heavy (non-hydrogen) atoms. The van der Waals surface area contributed by atoms with Gasteiger partial charge < -0.3 is 29.2 Å². The number of morpholine rings is 1. The largest absolute Gasteiger partial charge is 0.472 e. The maximum Gasteiger partial charge on any atom is 0.270 e. The lowest BCUT2D eigenvalue weighted by molar-refractivity contribution is -0.166. The van der Waals surface area contributed by atoms with E-state index in [4.69, 9.17) is 18.9 Å². The summed E-state index contributed by atoms with van der Waals surface area (Å²) in [6, 6.07) is 0. The van der Waals surface area contributed by atoms with Crippen LogP contribution in [0.3, 0.4) is 0 Å². The Morgan fingerprint density at radius 3 is 2.44 bits per heavy atom. The van der Waals surface area contributed by atoms with E-state index in [1.165, 1.54) is 0 Å². The number of anilines is 1. The first kappa shape index (κ1) is 28.9. The Kier molecular flexibility index (Phi) is 11.1. The maximum atomic E-state index is 13.3. The topological polar surface area (TPSA) is 95.0 Å². The van der Waals surface area contributed by atoms with Crippen LogP contribution in [0, 0.1) is 0 Å². The molecule has 1 fully saturated rings. The molecule has 0 amide bonds. The van der Waals surface area contributed by atoms with E-state index in [0.29, 0.717) is 32.1 Å². The summed E-state index contributed by atoms with van der Waals surface area (Å²) in [5.74, 6) is 1.18. The van der Waals surface area contributed by atoms with Crippen LogP contribution in [-0.4, -0.2) is 83.4 Å². The highest BCUT2D eigenvalue weighted by Gasteiger charge is 2.39. The normalized spacial score (nSPS) is 19.4. The average Bonchev–Trinajstić information content (AvgIpc) is 3.28. The van der Waals surface area contributed by atoms with Crippen molar-refractivity contribution in [2.75, 3.05) is 44.4 Å². The summed E-state index contributed by atoms with van der Waals surface area (Å²) in [7, 11) is 0. The monoisotopic (exact) mass is 500 g/mol. The molecule has 4 atom stereocenters. The average molecular weight is 501 g/mol. The predicted molar refractivity (Wildman–Crippen MR) is 135 cm³/mol. The zero-order valence-electron chi connectivity index (χ0n) is 22.2. The van der Waals surface area contributed by atoms with Gasteiger partial charge in [0.2, 0.25) is 5.82 Å². The number of nitrogens with one attached hydrogen (secondary N) is 1. The molecule has 1 aliphatic heterocycles. The van der Waals surface area contributed by atoms with E-state index in [1.54, 1.807) is 6.92 Å². The highest BCUT2D eigenvalue weighted by atomic mass is 32.1. The highest BCUT2D eigenvalue weighted by Crippen LogP contribution is 2.28. The molecule has 9 nitrogen and oxygen atoms in total. The molecule has 1 saturated heterocycles. The minimum absolute atomic E-state index is 0.0116. The minimum Gasteiger partial charge on any atom is -0.472 e. The van der Waals surface area contributed by atoms with Gasteiger partial charge in [-0.3, -0.25) is 4.79 Å². The number of Topliss-reactive ketones (excluding diaryl/α,β-unsaturated/α-hetero) is 1. The smallest absolute Gasteiger partial charge is 0.270 e. The number of aromatic nitrogens is 2. The molecular weight excluding hydrogens is 456 g/mol. The summed E-state index contributed by atoms with van der Waals surface area (Å²) in [4.78, 5) is 15.5. The number of ketones is 1. The highest BCUT2D eigenvalue weighted by molar-refractivity contribution is 6.99. The van der Waals surface area contributed by atoms with Gasteiger partial charge in [0.25, 0.3) is 5.88 Å². The number of ether oxygens (including phenoxy) is 4. The third-order valence-corrected chi connectivity index (χ3v) is 6.52. The Balaban J connectivity index is 2.12. The first-order valence-corrected chi connectivity index (χ1v) is 13.1. The molecule has 10 heteroatoms. The van der Waals surface area contributed by atoms with Crippen LogP contribution in [0.2, 0.25) is 0 Å². The molecule has 2 rings (SSSR count). The van der Waals surface area contributed by atoms with E-state index in [1.807, 2.05) is 27.7 Å². The molecule has 1 aliphatic rings. The molecule has 0 saturated carbocycles. The number of nitrogens with zero attached hydrogens (tertiary/aromatic N) is 3. The van der Waals surface area contributed by atoms with Crippen molar-refractivity contribution in [1.82, 2.24) is 14.1 Å². The van der Waals surface area contributed by atoms with E-state index >= 15 is 0 Å². The molecule has 0 radical (unpaired) electrons. The Morgan fingerprint density at radius 1 is 1.18 bits per heavy atom. The third-order valence-electron chi connectivity index (χ3n) is 6.02. The van der Waals surface area contributed by atoms with Crippen molar-refractivity contribution in [2.45, 2.75) is 97.7 Å². The van der Waals surface area contributed by atoms with Crippen molar-refractivity contribution >= 4 is 23.3 Å². The van der Waals surface area contributed by atoms with Gasteiger partial charge in [-0.25, -0.2) is 0 Å². The van der Waals surface area contributed by atoms with Crippen LogP contribution in [0.1, 0.15) is 68.2 Å². The number of carbonyl (C=O) groups excluding carboxylic acids is 1. The number of hydrogen-bond donors (Lipinski definition) is 1. The van der Waals surface area contributed by atoms with E-state index in [9.17, 15) is 4.79 Å². The quantitative estimate of drug-likeness (QED) is 0.412. The lowest BCUT2D eigenvalue weighted by atomic mass is 9.93. The molecule has 1 aromatic heterocycles. The summed E-state index contributed by atoms with van der Waals surface area (Å²) < 4.78 is 32.7. The van der Waals surface area contributed by atoms with Crippen molar-refractivity contribution in [3.63, 3.8) is 0 Å². The third kappa shape index (κ3) is 8.71. The van der Waals surface area contributed by atoms with Gasteiger partial charge in [0, 0.05) is 25.2 Å². The van der Waals surface area contributed by atoms with Crippen molar-refractivity contribution in [1.29, 1.82) is 0 Å². The van der Waals surface area contributed by atoms with Crippen LogP contribution in [0.15, 0.2) is 0 Å². The van der Waals surface area contributed by atoms with Gasteiger partial charge in [0.1, 0.15) is 24.4 Å². The predicted octanol–water partition coefficient (Wildman–Crippen LogP) is 3.47. The number of carbonyl (C=O) groups is 1. The van der Waals surface area contributed by atoms with Crippen LogP contribution >= 0.6 is 11.7 Å². The number of rotatable bonds is 14. The standard InChI is InChI=1S/C24H44N4O5S/c1-9-17(3)32-18(4)20(29)24(8,10-2)33-19(15-25-23(5,6)7)16-31-22-21(26-34-27-22)28-11-13-30-14-12-28/h17-19,25H,9-16H2,1-8H3. The first-order chi connectivity index (χ1) is 16.0. The molecule has 4 unspecified atom stereocenters. The maximum absolute atomic E-state index is 13.3. The number of hydrogen-bond acceptors (Lipinski definition) is 10. The zero-order valence-corrected chi connectivity index (χ0v) is 23.0. The summed E-state index contributed by atoms with van der Waals surface area (Å²) in [6.45, 7) is 19.5. The van der Waals surface area contributed by atoms with Gasteiger partial charge in [-0.2, -0.15) is 4.37 Å². The van der Waals surface area contributed by atoms with Crippen molar-refractivity contribution in [3.8, 4) is 5.88 Å². The van der Waals surface area contributed by atoms with Crippen LogP contribution in [0.5, 0.6) is 5.88 Å². The van der Waals surface area contributed by atoms with Gasteiger partial charge in [-0.15, -0.1) is 4.37 Å². The van der Waals surface area contributed by atoms with Crippen molar-refractivity contribution in [3.05, 3.63) is 0 Å². The molecule has 2 heterocycles. The molecule has 1 aromatic rings. The van der Waals surface area contributed by atoms with E-state index in [-0.39, 0.29) is 30.1 Å². The second-order valence-electron chi connectivity index (χ2n) is 10.1. The first-order valence-electron chi connectivity index (χ1n) is 12.4. The molecule has 0 aliphatic carbocycles. The van der Waals surface area contributed by atoms with Crippen LogP contribution < -0.4 is 15.0 Å². The van der Waals surface area contributed by atoms with Crippen LogP contribution in [0.4, 0.5) is 5.82 Å². The van der Waals surface area contributed by atoms with Gasteiger partial charge in [0.05, 0.1) is 31.0 Å². The van der Waals surface area contributed by atoms with E-state index in [0.717, 1.165) is 37.1 Å². The Labute approximate surface area is 209 Å². The lowest BCUT2D eigenvalue weighted by Gasteiger charge is -2.35. The molecular formula is C24H44N4O5S. The SMILES string of the molecule is CCC(C)OC(C)C(=O)C(C)(CC)OC(CNC(C)(C)C)COc1nsnc1N1CCOCC1. The fourth-order valence-electron chi connectivity index (χ4n) is 3.58. The molecule has 0 aromatic carbocycles. The summed E-state index contributed by atoms with van der Waals surface area (Å²) >= 11 is 1.13. The fraction of sp³-hybridized carbons (Fsp3) is 0.875. The van der Waals surface area contributed by atoms with Gasteiger partial charge in [-0.05, 0) is 54.4 Å². The second-order valence-corrected chi connectivity index (χ2v) is 10.6. The fourth-order valence-corrected chi connectivity index (χ4v) is 4.10. The summed E-state index contributed by atoms with van der Waals surface area (Å²) in [5.41, 5.74) is -1.10. The van der Waals surface area contributed by atoms with Crippen molar-refractivity contribution in [2.24, 2.45) is 0 Å². The lowest BCUT2D eigenvalue weighted by Crippen LogP contribution is -2.51. The van der Waals surface area contributed by atoms with Crippen LogP contribution in [0.25, 0.3) is 0 Å². The Morgan fingerprint density at radius 2 is 1.85 bits per heavy atom. The van der Waals surface area contributed by atoms with Crippen LogP contribution in [-0.2, 0) is 19.0 Å². The van der Waals surface area contributed by atoms with Gasteiger partial charge >= 0.3 is 0 Å². The van der Waals surface area contributed by atoms with E-state index in [2.05, 4.69) is 39.7 Å².